The average molecular weight is 238 g/mol. The lowest BCUT2D eigenvalue weighted by Gasteiger charge is -2.08. The third-order valence-electron chi connectivity index (χ3n) is 1.46. The average Bonchev–Trinajstić information content (AvgIpc) is 2.19. The van der Waals surface area contributed by atoms with Crippen LogP contribution in [-0.4, -0.2) is 24.7 Å². The molecular formula is C8H6ClF2NO3. The van der Waals surface area contributed by atoms with Crippen molar-refractivity contribution in [3.63, 3.8) is 0 Å². The zero-order valence-corrected chi connectivity index (χ0v) is 8.29. The van der Waals surface area contributed by atoms with Crippen LogP contribution in [0.25, 0.3) is 0 Å². The molecule has 0 radical (unpaired) electrons. The fourth-order valence-corrected chi connectivity index (χ4v) is 1.03. The lowest BCUT2D eigenvalue weighted by atomic mass is 10.2. The Labute approximate surface area is 88.8 Å². The van der Waals surface area contributed by atoms with Crippen molar-refractivity contribution in [3.05, 3.63) is 23.0 Å². The van der Waals surface area contributed by atoms with Crippen molar-refractivity contribution in [2.45, 2.75) is 6.61 Å². The van der Waals surface area contributed by atoms with E-state index in [1.165, 1.54) is 0 Å². The molecular weight excluding hydrogens is 232 g/mol. The van der Waals surface area contributed by atoms with Crippen LogP contribution in [0.3, 0.4) is 0 Å². The minimum absolute atomic E-state index is 0.0167. The minimum Gasteiger partial charge on any atom is -0.465 e. The summed E-state index contributed by atoms with van der Waals surface area (Å²) in [7, 11) is 1.11. The van der Waals surface area contributed by atoms with Crippen molar-refractivity contribution in [3.8, 4) is 5.75 Å². The third-order valence-corrected chi connectivity index (χ3v) is 1.66. The first-order valence-electron chi connectivity index (χ1n) is 3.73. The smallest absolute Gasteiger partial charge is 0.387 e. The second-order valence-electron chi connectivity index (χ2n) is 2.37. The Kier molecular flexibility index (Phi) is 3.79. The fraction of sp³-hybridized carbons (Fsp3) is 0.250. The largest absolute Gasteiger partial charge is 0.465 e. The Hall–Kier alpha value is -1.43. The van der Waals surface area contributed by atoms with Gasteiger partial charge in [-0.2, -0.15) is 8.78 Å². The van der Waals surface area contributed by atoms with Crippen LogP contribution in [0, 0.1) is 0 Å². The van der Waals surface area contributed by atoms with E-state index in [1.807, 2.05) is 0 Å². The van der Waals surface area contributed by atoms with Gasteiger partial charge in [-0.05, 0) is 6.07 Å². The Balaban J connectivity index is 3.08. The molecule has 0 bridgehead atoms. The molecule has 0 spiro atoms. The summed E-state index contributed by atoms with van der Waals surface area (Å²) in [5.41, 5.74) is -0.196. The number of rotatable bonds is 3. The molecule has 1 rings (SSSR count). The molecule has 0 N–H and O–H groups in total. The Morgan fingerprint density at radius 1 is 1.60 bits per heavy atom. The Morgan fingerprint density at radius 3 is 2.80 bits per heavy atom. The first kappa shape index (κ1) is 11.6. The molecule has 1 aromatic heterocycles. The number of hydrogen-bond donors (Lipinski definition) is 0. The van der Waals surface area contributed by atoms with Crippen LogP contribution in [0.15, 0.2) is 12.3 Å². The molecule has 0 aliphatic heterocycles. The molecule has 4 nitrogen and oxygen atoms in total. The maximum Gasteiger partial charge on any atom is 0.387 e. The van der Waals surface area contributed by atoms with Gasteiger partial charge in [-0.1, -0.05) is 11.6 Å². The van der Waals surface area contributed by atoms with Gasteiger partial charge in [0, 0.05) is 0 Å². The van der Waals surface area contributed by atoms with Crippen LogP contribution >= 0.6 is 11.6 Å². The van der Waals surface area contributed by atoms with Gasteiger partial charge in [0.05, 0.1) is 13.3 Å². The van der Waals surface area contributed by atoms with Crippen LogP contribution in [0.1, 0.15) is 10.4 Å². The zero-order valence-electron chi connectivity index (χ0n) is 7.54. The molecule has 0 aromatic carbocycles. The summed E-state index contributed by atoms with van der Waals surface area (Å²) in [6.45, 7) is -3.05. The van der Waals surface area contributed by atoms with Gasteiger partial charge in [-0.25, -0.2) is 9.78 Å². The van der Waals surface area contributed by atoms with E-state index in [0.717, 1.165) is 19.4 Å². The summed E-state index contributed by atoms with van der Waals surface area (Å²) < 4.78 is 32.3. The van der Waals surface area contributed by atoms with Gasteiger partial charge in [-0.3, -0.25) is 0 Å². The molecule has 0 unspecified atom stereocenters. The van der Waals surface area contributed by atoms with Gasteiger partial charge in [0.2, 0.25) is 0 Å². The Bertz CT molecular complexity index is 373. The van der Waals surface area contributed by atoms with Gasteiger partial charge in [-0.15, -0.1) is 0 Å². The first-order chi connectivity index (χ1) is 7.04. The number of methoxy groups -OCH3 is 1. The van der Waals surface area contributed by atoms with E-state index in [2.05, 4.69) is 14.5 Å². The van der Waals surface area contributed by atoms with Gasteiger partial charge in [0.1, 0.15) is 10.7 Å². The highest BCUT2D eigenvalue weighted by molar-refractivity contribution is 6.29. The number of carbonyl (C=O) groups excluding carboxylic acids is 1. The highest BCUT2D eigenvalue weighted by Gasteiger charge is 2.17. The third kappa shape index (κ3) is 3.02. The molecule has 0 atom stereocenters. The lowest BCUT2D eigenvalue weighted by Crippen LogP contribution is -2.09. The van der Waals surface area contributed by atoms with E-state index in [4.69, 9.17) is 11.6 Å². The van der Waals surface area contributed by atoms with Crippen LogP contribution in [0.5, 0.6) is 5.75 Å². The minimum atomic E-state index is -3.05. The van der Waals surface area contributed by atoms with Crippen LogP contribution in [0.2, 0.25) is 5.15 Å². The van der Waals surface area contributed by atoms with E-state index in [0.29, 0.717) is 0 Å². The van der Waals surface area contributed by atoms with E-state index in [9.17, 15) is 13.6 Å². The number of nitrogens with zero attached hydrogens (tertiary/aromatic N) is 1. The fourth-order valence-electron chi connectivity index (χ4n) is 0.877. The summed E-state index contributed by atoms with van der Waals surface area (Å²) in [6, 6.07) is 1.09. The molecule has 7 heteroatoms. The van der Waals surface area contributed by atoms with E-state index < -0.39 is 12.6 Å². The number of ether oxygens (including phenoxy) is 2. The standard InChI is InChI=1S/C8H6ClF2NO3/c1-14-7(13)4-2-6(9)12-3-5(4)15-8(10)11/h2-3,8H,1H3. The number of aromatic nitrogens is 1. The summed E-state index contributed by atoms with van der Waals surface area (Å²) >= 11 is 5.49. The second kappa shape index (κ2) is 4.88. The van der Waals surface area contributed by atoms with Gasteiger partial charge >= 0.3 is 12.6 Å². The molecule has 82 valence electrons. The number of carbonyl (C=O) groups is 1. The second-order valence-corrected chi connectivity index (χ2v) is 2.76. The number of esters is 1. The van der Waals surface area contributed by atoms with E-state index in [-0.39, 0.29) is 16.5 Å². The van der Waals surface area contributed by atoms with Crippen molar-refractivity contribution >= 4 is 17.6 Å². The molecule has 0 amide bonds. The highest BCUT2D eigenvalue weighted by atomic mass is 35.5. The van der Waals surface area contributed by atoms with Crippen molar-refractivity contribution in [2.24, 2.45) is 0 Å². The lowest BCUT2D eigenvalue weighted by molar-refractivity contribution is -0.0506. The predicted octanol–water partition coefficient (Wildman–Crippen LogP) is 2.12. The van der Waals surface area contributed by atoms with Crippen LogP contribution < -0.4 is 4.74 Å². The molecule has 0 aliphatic rings. The SMILES string of the molecule is COC(=O)c1cc(Cl)ncc1OC(F)F. The van der Waals surface area contributed by atoms with Crippen molar-refractivity contribution < 1.29 is 23.0 Å². The van der Waals surface area contributed by atoms with Crippen molar-refractivity contribution in [1.29, 1.82) is 0 Å². The monoisotopic (exact) mass is 237 g/mol. The molecule has 0 saturated heterocycles. The van der Waals surface area contributed by atoms with E-state index >= 15 is 0 Å². The topological polar surface area (TPSA) is 48.4 Å². The van der Waals surface area contributed by atoms with E-state index in [1.54, 1.807) is 0 Å². The first-order valence-corrected chi connectivity index (χ1v) is 4.11. The van der Waals surface area contributed by atoms with Gasteiger partial charge in [0.25, 0.3) is 0 Å². The normalized spacial score (nSPS) is 10.2. The molecule has 1 aromatic rings. The van der Waals surface area contributed by atoms with Gasteiger partial charge in [0.15, 0.2) is 5.75 Å². The number of pyridine rings is 1. The van der Waals surface area contributed by atoms with Gasteiger partial charge < -0.3 is 9.47 Å². The molecule has 0 fully saturated rings. The highest BCUT2D eigenvalue weighted by Crippen LogP contribution is 2.22. The predicted molar refractivity (Wildman–Crippen MR) is 47.2 cm³/mol. The summed E-state index contributed by atoms with van der Waals surface area (Å²) in [5.74, 6) is -1.20. The Morgan fingerprint density at radius 2 is 2.27 bits per heavy atom. The number of hydrogen-bond acceptors (Lipinski definition) is 4. The molecule has 0 aliphatic carbocycles. The summed E-state index contributed by atoms with van der Waals surface area (Å²) in [4.78, 5) is 14.6. The number of alkyl halides is 2. The summed E-state index contributed by atoms with van der Waals surface area (Å²) in [6.07, 6.45) is 0.931. The maximum atomic E-state index is 11.9. The quantitative estimate of drug-likeness (QED) is 0.597. The van der Waals surface area contributed by atoms with Crippen molar-refractivity contribution in [2.75, 3.05) is 7.11 Å². The zero-order chi connectivity index (χ0) is 11.4. The molecule has 15 heavy (non-hydrogen) atoms. The van der Waals surface area contributed by atoms with Crippen LogP contribution in [0.4, 0.5) is 8.78 Å². The van der Waals surface area contributed by atoms with Crippen molar-refractivity contribution in [1.82, 2.24) is 4.98 Å². The summed E-state index contributed by atoms with van der Waals surface area (Å²) in [5, 5.41) is -0.0167. The van der Waals surface area contributed by atoms with Crippen LogP contribution in [-0.2, 0) is 4.74 Å². The molecule has 1 heterocycles. The number of halogens is 3. The maximum absolute atomic E-state index is 11.9. The molecule has 0 saturated carbocycles.